The highest BCUT2D eigenvalue weighted by atomic mass is 19.1. The minimum absolute atomic E-state index is 0.207. The highest BCUT2D eigenvalue weighted by molar-refractivity contribution is 5.90. The average molecular weight is 231 g/mol. The molecule has 2 aromatic rings. The molecule has 17 heavy (non-hydrogen) atoms. The lowest BCUT2D eigenvalue weighted by atomic mass is 9.96. The van der Waals surface area contributed by atoms with Crippen molar-refractivity contribution < 1.29 is 8.81 Å². The zero-order valence-corrected chi connectivity index (χ0v) is 9.66. The van der Waals surface area contributed by atoms with E-state index in [1.54, 1.807) is 18.4 Å². The fraction of sp³-hybridized carbons (Fsp3) is 0.286. The Morgan fingerprint density at radius 3 is 3.12 bits per heavy atom. The van der Waals surface area contributed by atoms with Crippen LogP contribution in [0.3, 0.4) is 0 Å². The molecule has 2 heterocycles. The molecular weight excluding hydrogens is 217 g/mol. The van der Waals surface area contributed by atoms with Gasteiger partial charge in [0.05, 0.1) is 6.26 Å². The van der Waals surface area contributed by atoms with Crippen LogP contribution in [0.25, 0.3) is 16.5 Å². The van der Waals surface area contributed by atoms with Gasteiger partial charge >= 0.3 is 0 Å². The van der Waals surface area contributed by atoms with Gasteiger partial charge in [-0.05, 0) is 43.7 Å². The van der Waals surface area contributed by atoms with Gasteiger partial charge in [-0.15, -0.1) is 0 Å². The van der Waals surface area contributed by atoms with Gasteiger partial charge in [0.25, 0.3) is 0 Å². The highest BCUT2D eigenvalue weighted by Crippen LogP contribution is 2.30. The molecule has 0 spiro atoms. The summed E-state index contributed by atoms with van der Waals surface area (Å²) < 4.78 is 19.0. The normalized spacial score (nSPS) is 20.6. The second-order valence-electron chi connectivity index (χ2n) is 4.48. The van der Waals surface area contributed by atoms with Crippen LogP contribution in [-0.4, -0.2) is 12.6 Å². The Labute approximate surface area is 99.1 Å². The molecule has 0 saturated heterocycles. The van der Waals surface area contributed by atoms with E-state index in [0.717, 1.165) is 35.1 Å². The Morgan fingerprint density at radius 2 is 2.29 bits per heavy atom. The Hall–Kier alpha value is -1.61. The first-order chi connectivity index (χ1) is 8.24. The van der Waals surface area contributed by atoms with Crippen LogP contribution in [0.2, 0.25) is 0 Å². The summed E-state index contributed by atoms with van der Waals surface area (Å²) in [6.07, 6.45) is 4.66. The van der Waals surface area contributed by atoms with E-state index in [9.17, 15) is 4.39 Å². The summed E-state index contributed by atoms with van der Waals surface area (Å²) >= 11 is 0. The Balaban J connectivity index is 2.19. The Morgan fingerprint density at radius 1 is 1.41 bits per heavy atom. The molecule has 0 radical (unpaired) electrons. The van der Waals surface area contributed by atoms with Gasteiger partial charge in [0.15, 0.2) is 0 Å². The molecule has 3 heteroatoms. The summed E-state index contributed by atoms with van der Waals surface area (Å²) in [4.78, 5) is 0. The smallest absolute Gasteiger partial charge is 0.141 e. The van der Waals surface area contributed by atoms with E-state index in [2.05, 4.69) is 18.3 Å². The van der Waals surface area contributed by atoms with Crippen LogP contribution >= 0.6 is 0 Å². The standard InChI is InChI=1S/C14H14FNO/c1-9-6-10(2-4-16-9)13-8-12(15)7-11-3-5-17-14(11)13/h3,5-9,16H,2,4H2,1H3. The number of hydrogen-bond acceptors (Lipinski definition) is 2. The minimum Gasteiger partial charge on any atom is -0.464 e. The minimum atomic E-state index is -0.207. The first-order valence-corrected chi connectivity index (χ1v) is 5.85. The van der Waals surface area contributed by atoms with Crippen LogP contribution in [0.4, 0.5) is 4.39 Å². The Bertz CT molecular complexity index is 585. The van der Waals surface area contributed by atoms with E-state index >= 15 is 0 Å². The first-order valence-electron chi connectivity index (χ1n) is 5.85. The maximum absolute atomic E-state index is 13.5. The van der Waals surface area contributed by atoms with Crippen LogP contribution in [0, 0.1) is 5.82 Å². The lowest BCUT2D eigenvalue weighted by molar-refractivity contribution is 0.602. The van der Waals surface area contributed by atoms with E-state index in [4.69, 9.17) is 4.42 Å². The van der Waals surface area contributed by atoms with Crippen molar-refractivity contribution in [2.75, 3.05) is 6.54 Å². The van der Waals surface area contributed by atoms with Crippen LogP contribution in [0.5, 0.6) is 0 Å². The second-order valence-corrected chi connectivity index (χ2v) is 4.48. The number of benzene rings is 1. The van der Waals surface area contributed by atoms with E-state index < -0.39 is 0 Å². The Kier molecular flexibility index (Phi) is 2.48. The summed E-state index contributed by atoms with van der Waals surface area (Å²) in [5.41, 5.74) is 2.83. The first kappa shape index (κ1) is 10.5. The quantitative estimate of drug-likeness (QED) is 0.814. The topological polar surface area (TPSA) is 25.2 Å². The summed E-state index contributed by atoms with van der Waals surface area (Å²) in [5, 5.41) is 4.16. The predicted molar refractivity (Wildman–Crippen MR) is 66.2 cm³/mol. The van der Waals surface area contributed by atoms with Gasteiger partial charge in [-0.3, -0.25) is 0 Å². The SMILES string of the molecule is CC1C=C(c2cc(F)cc3ccoc23)CCN1. The molecule has 1 aliphatic heterocycles. The van der Waals surface area contributed by atoms with Crippen molar-refractivity contribution >= 4 is 16.5 Å². The molecule has 0 fully saturated rings. The van der Waals surface area contributed by atoms with Gasteiger partial charge in [0.1, 0.15) is 11.4 Å². The van der Waals surface area contributed by atoms with Crippen LogP contribution in [-0.2, 0) is 0 Å². The van der Waals surface area contributed by atoms with Crippen molar-refractivity contribution in [1.82, 2.24) is 5.32 Å². The molecular formula is C14H14FNO. The predicted octanol–water partition coefficient (Wildman–Crippen LogP) is 3.34. The van der Waals surface area contributed by atoms with Gasteiger partial charge in [0, 0.05) is 17.0 Å². The van der Waals surface area contributed by atoms with Crippen LogP contribution < -0.4 is 5.32 Å². The van der Waals surface area contributed by atoms with Crippen molar-refractivity contribution in [1.29, 1.82) is 0 Å². The molecule has 0 aliphatic carbocycles. The van der Waals surface area contributed by atoms with Crippen LogP contribution in [0.1, 0.15) is 18.9 Å². The fourth-order valence-corrected chi connectivity index (χ4v) is 2.39. The third-order valence-corrected chi connectivity index (χ3v) is 3.17. The number of hydrogen-bond donors (Lipinski definition) is 1. The molecule has 3 rings (SSSR count). The largest absolute Gasteiger partial charge is 0.464 e. The van der Waals surface area contributed by atoms with Gasteiger partial charge in [-0.25, -0.2) is 4.39 Å². The fourth-order valence-electron chi connectivity index (χ4n) is 2.39. The van der Waals surface area contributed by atoms with Crippen molar-refractivity contribution in [3.63, 3.8) is 0 Å². The molecule has 1 N–H and O–H groups in total. The molecule has 0 bridgehead atoms. The molecule has 1 unspecified atom stereocenters. The second kappa shape index (κ2) is 4.00. The molecule has 2 nitrogen and oxygen atoms in total. The lowest BCUT2D eigenvalue weighted by Crippen LogP contribution is -2.29. The molecule has 1 aromatic carbocycles. The van der Waals surface area contributed by atoms with Gasteiger partial charge < -0.3 is 9.73 Å². The van der Waals surface area contributed by atoms with Crippen molar-refractivity contribution in [2.45, 2.75) is 19.4 Å². The van der Waals surface area contributed by atoms with Crippen molar-refractivity contribution in [2.24, 2.45) is 0 Å². The maximum Gasteiger partial charge on any atom is 0.141 e. The molecule has 0 saturated carbocycles. The van der Waals surface area contributed by atoms with E-state index in [1.165, 1.54) is 6.07 Å². The summed E-state index contributed by atoms with van der Waals surface area (Å²) in [6.45, 7) is 3.02. The highest BCUT2D eigenvalue weighted by Gasteiger charge is 2.15. The third-order valence-electron chi connectivity index (χ3n) is 3.17. The summed E-state index contributed by atoms with van der Waals surface area (Å²) in [5.74, 6) is -0.207. The monoisotopic (exact) mass is 231 g/mol. The molecule has 1 atom stereocenters. The van der Waals surface area contributed by atoms with Crippen LogP contribution in [0.15, 0.2) is 35.0 Å². The van der Waals surface area contributed by atoms with Crippen molar-refractivity contribution in [3.8, 4) is 0 Å². The number of furan rings is 1. The van der Waals surface area contributed by atoms with Gasteiger partial charge in [0.2, 0.25) is 0 Å². The van der Waals surface area contributed by atoms with Gasteiger partial charge in [-0.1, -0.05) is 6.08 Å². The molecule has 0 amide bonds. The number of fused-ring (bicyclic) bond motifs is 1. The van der Waals surface area contributed by atoms with Gasteiger partial charge in [-0.2, -0.15) is 0 Å². The molecule has 88 valence electrons. The number of rotatable bonds is 1. The lowest BCUT2D eigenvalue weighted by Gasteiger charge is -2.19. The molecule has 1 aliphatic rings. The summed E-state index contributed by atoms with van der Waals surface area (Å²) in [6, 6.07) is 5.20. The number of nitrogens with one attached hydrogen (secondary N) is 1. The van der Waals surface area contributed by atoms with E-state index in [1.807, 2.05) is 0 Å². The average Bonchev–Trinajstić information content (AvgIpc) is 2.75. The molecule has 1 aromatic heterocycles. The maximum atomic E-state index is 13.5. The van der Waals surface area contributed by atoms with E-state index in [0.29, 0.717) is 6.04 Å². The number of halogens is 1. The van der Waals surface area contributed by atoms with Crippen molar-refractivity contribution in [3.05, 3.63) is 41.9 Å². The zero-order valence-electron chi connectivity index (χ0n) is 9.66. The summed E-state index contributed by atoms with van der Waals surface area (Å²) in [7, 11) is 0. The zero-order chi connectivity index (χ0) is 11.8. The third kappa shape index (κ3) is 1.87. The van der Waals surface area contributed by atoms with E-state index in [-0.39, 0.29) is 5.82 Å².